The summed E-state index contributed by atoms with van der Waals surface area (Å²) in [6.45, 7) is 4.75. The minimum Gasteiger partial charge on any atom is -0.497 e. The number of nitrogens with zero attached hydrogens (tertiary/aromatic N) is 3. The van der Waals surface area contributed by atoms with Gasteiger partial charge < -0.3 is 9.72 Å². The molecule has 0 aliphatic rings. The number of ether oxygens (including phenoxy) is 1. The van der Waals surface area contributed by atoms with E-state index in [2.05, 4.69) is 10.1 Å². The van der Waals surface area contributed by atoms with Crippen LogP contribution in [0.1, 0.15) is 12.6 Å². The molecular weight excluding hydrogens is 308 g/mol. The monoisotopic (exact) mass is 322 g/mol. The number of hydrogen-bond acceptors (Lipinski definition) is 3. The quantitative estimate of drug-likeness (QED) is 0.744. The summed E-state index contributed by atoms with van der Waals surface area (Å²) in [5.41, 5.74) is 3.54. The van der Waals surface area contributed by atoms with Gasteiger partial charge >= 0.3 is 0 Å². The van der Waals surface area contributed by atoms with Crippen molar-refractivity contribution in [2.45, 2.75) is 20.4 Å². The highest BCUT2D eigenvalue weighted by atomic mass is 35.5. The summed E-state index contributed by atoms with van der Waals surface area (Å²) in [5, 5.41) is 5.12. The lowest BCUT2D eigenvalue weighted by Gasteiger charge is -2.10. The highest BCUT2D eigenvalue weighted by Crippen LogP contribution is 2.29. The van der Waals surface area contributed by atoms with Gasteiger partial charge in [0.2, 0.25) is 0 Å². The molecule has 0 amide bonds. The first kappa shape index (κ1) is 14.2. The van der Waals surface area contributed by atoms with E-state index in [1.54, 1.807) is 13.2 Å². The van der Waals surface area contributed by atoms with Crippen LogP contribution in [-0.2, 0) is 6.54 Å². The van der Waals surface area contributed by atoms with Gasteiger partial charge in [-0.15, -0.1) is 0 Å². The lowest BCUT2D eigenvalue weighted by molar-refractivity contribution is 0.414. The van der Waals surface area contributed by atoms with E-state index in [1.807, 2.05) is 35.2 Å². The van der Waals surface area contributed by atoms with Crippen molar-refractivity contribution in [2.75, 3.05) is 7.11 Å². The van der Waals surface area contributed by atoms with Gasteiger partial charge in [-0.3, -0.25) is 4.57 Å². The van der Waals surface area contributed by atoms with Gasteiger partial charge in [0, 0.05) is 12.6 Å². The van der Waals surface area contributed by atoms with Crippen molar-refractivity contribution >= 4 is 35.0 Å². The number of hydrogen-bond donors (Lipinski definition) is 1. The number of aryl methyl sites for hydroxylation is 2. The molecule has 21 heavy (non-hydrogen) atoms. The van der Waals surface area contributed by atoms with E-state index >= 15 is 0 Å². The normalized spacial score (nSPS) is 11.2. The molecule has 3 aromatic rings. The largest absolute Gasteiger partial charge is 0.497 e. The van der Waals surface area contributed by atoms with Crippen LogP contribution in [0.2, 0.25) is 5.02 Å². The third kappa shape index (κ3) is 2.15. The molecule has 0 spiro atoms. The number of H-pyrrole nitrogens is 1. The first-order chi connectivity index (χ1) is 10.1. The Morgan fingerprint density at radius 3 is 2.86 bits per heavy atom. The minimum atomic E-state index is 0.586. The van der Waals surface area contributed by atoms with Gasteiger partial charge in [-0.2, -0.15) is 5.10 Å². The van der Waals surface area contributed by atoms with Gasteiger partial charge in [0.05, 0.1) is 23.5 Å². The predicted octanol–water partition coefficient (Wildman–Crippen LogP) is 3.87. The molecule has 1 aromatic carbocycles. The number of nitrogens with one attached hydrogen (secondary N) is 1. The Morgan fingerprint density at radius 1 is 1.43 bits per heavy atom. The molecule has 2 heterocycles. The topological polar surface area (TPSA) is 47.8 Å². The Morgan fingerprint density at radius 2 is 2.19 bits per heavy atom. The standard InChI is InChI=1S/C14H15ClN4OS/c1-4-18-13-12(8(2)17-18)16-14(21)19(13)11-7-9(20-3)5-6-10(11)15/h5-7H,4H2,1-3H3,(H,16,21). The number of benzene rings is 1. The maximum atomic E-state index is 6.35. The molecule has 0 aliphatic heterocycles. The summed E-state index contributed by atoms with van der Waals surface area (Å²) in [6.07, 6.45) is 0. The number of imidazole rings is 1. The zero-order chi connectivity index (χ0) is 15.1. The van der Waals surface area contributed by atoms with Gasteiger partial charge in [-0.05, 0) is 38.2 Å². The molecular formula is C14H15ClN4OS. The summed E-state index contributed by atoms with van der Waals surface area (Å²) in [5.74, 6) is 0.727. The molecule has 3 rings (SSSR count). The number of methoxy groups -OCH3 is 1. The lowest BCUT2D eigenvalue weighted by Crippen LogP contribution is -2.04. The summed E-state index contributed by atoms with van der Waals surface area (Å²) in [6, 6.07) is 5.49. The van der Waals surface area contributed by atoms with E-state index in [0.29, 0.717) is 9.79 Å². The Bertz CT molecular complexity index is 877. The molecule has 7 heteroatoms. The number of fused-ring (bicyclic) bond motifs is 1. The summed E-state index contributed by atoms with van der Waals surface area (Å²) in [7, 11) is 1.62. The Kier molecular flexibility index (Phi) is 3.51. The van der Waals surface area contributed by atoms with Gasteiger partial charge in [0.15, 0.2) is 10.4 Å². The molecule has 0 bridgehead atoms. The molecule has 0 fully saturated rings. The predicted molar refractivity (Wildman–Crippen MR) is 86.2 cm³/mol. The maximum absolute atomic E-state index is 6.35. The zero-order valence-electron chi connectivity index (χ0n) is 12.0. The van der Waals surface area contributed by atoms with Gasteiger partial charge in [0.1, 0.15) is 11.3 Å². The Hall–Kier alpha value is -1.79. The summed E-state index contributed by atoms with van der Waals surface area (Å²) in [4.78, 5) is 3.21. The number of rotatable bonds is 3. The number of halogens is 1. The second-order valence-electron chi connectivity index (χ2n) is 4.68. The zero-order valence-corrected chi connectivity index (χ0v) is 13.5. The van der Waals surface area contributed by atoms with Crippen molar-refractivity contribution in [2.24, 2.45) is 0 Å². The van der Waals surface area contributed by atoms with Crippen LogP contribution in [0, 0.1) is 11.7 Å². The maximum Gasteiger partial charge on any atom is 0.184 e. The minimum absolute atomic E-state index is 0.586. The number of aromatic amines is 1. The average Bonchev–Trinajstić information content (AvgIpc) is 2.96. The van der Waals surface area contributed by atoms with Gasteiger partial charge in [0.25, 0.3) is 0 Å². The van der Waals surface area contributed by atoms with E-state index < -0.39 is 0 Å². The van der Waals surface area contributed by atoms with Crippen LogP contribution >= 0.6 is 23.8 Å². The van der Waals surface area contributed by atoms with Crippen molar-refractivity contribution < 1.29 is 4.74 Å². The molecule has 0 aliphatic carbocycles. The van der Waals surface area contributed by atoms with Crippen LogP contribution in [-0.4, -0.2) is 26.4 Å². The van der Waals surface area contributed by atoms with Crippen molar-refractivity contribution in [3.63, 3.8) is 0 Å². The van der Waals surface area contributed by atoms with Crippen LogP contribution in [0.4, 0.5) is 0 Å². The molecule has 0 radical (unpaired) electrons. The molecule has 5 nitrogen and oxygen atoms in total. The second-order valence-corrected chi connectivity index (χ2v) is 5.48. The lowest BCUT2D eigenvalue weighted by atomic mass is 10.3. The molecule has 2 aromatic heterocycles. The SMILES string of the molecule is CCn1nc(C)c2[nH]c(=S)n(-c3cc(OC)ccc3Cl)c21. The van der Waals surface area contributed by atoms with Crippen LogP contribution in [0.25, 0.3) is 16.9 Å². The average molecular weight is 323 g/mol. The van der Waals surface area contributed by atoms with Crippen molar-refractivity contribution in [1.82, 2.24) is 19.3 Å². The third-order valence-corrected chi connectivity index (χ3v) is 4.05. The Balaban J connectivity index is 2.39. The molecule has 0 atom stereocenters. The molecule has 0 unspecified atom stereocenters. The van der Waals surface area contributed by atoms with Crippen molar-refractivity contribution in [1.29, 1.82) is 0 Å². The van der Waals surface area contributed by atoms with E-state index in [1.165, 1.54) is 0 Å². The van der Waals surface area contributed by atoms with Crippen LogP contribution in [0.15, 0.2) is 18.2 Å². The van der Waals surface area contributed by atoms with Crippen LogP contribution in [0.5, 0.6) is 5.75 Å². The van der Waals surface area contributed by atoms with E-state index in [0.717, 1.165) is 34.8 Å². The van der Waals surface area contributed by atoms with Crippen molar-refractivity contribution in [3.8, 4) is 11.4 Å². The van der Waals surface area contributed by atoms with Gasteiger partial charge in [-0.1, -0.05) is 11.6 Å². The fraction of sp³-hybridized carbons (Fsp3) is 0.286. The molecule has 0 saturated heterocycles. The van der Waals surface area contributed by atoms with Crippen molar-refractivity contribution in [3.05, 3.63) is 33.7 Å². The van der Waals surface area contributed by atoms with E-state index in [9.17, 15) is 0 Å². The van der Waals surface area contributed by atoms with E-state index in [-0.39, 0.29) is 0 Å². The summed E-state index contributed by atoms with van der Waals surface area (Å²) >= 11 is 11.8. The van der Waals surface area contributed by atoms with Gasteiger partial charge in [-0.25, -0.2) is 4.68 Å². The fourth-order valence-corrected chi connectivity index (χ4v) is 2.93. The molecule has 1 N–H and O–H groups in total. The molecule has 110 valence electrons. The van der Waals surface area contributed by atoms with Crippen LogP contribution < -0.4 is 4.74 Å². The van der Waals surface area contributed by atoms with Crippen LogP contribution in [0.3, 0.4) is 0 Å². The summed E-state index contributed by atoms with van der Waals surface area (Å²) < 4.78 is 9.68. The molecule has 0 saturated carbocycles. The first-order valence-corrected chi connectivity index (χ1v) is 7.37. The highest BCUT2D eigenvalue weighted by molar-refractivity contribution is 7.71. The highest BCUT2D eigenvalue weighted by Gasteiger charge is 2.17. The van der Waals surface area contributed by atoms with E-state index in [4.69, 9.17) is 28.6 Å². The second kappa shape index (κ2) is 5.20. The fourth-order valence-electron chi connectivity index (χ4n) is 2.44. The first-order valence-electron chi connectivity index (χ1n) is 6.58. The Labute approximate surface area is 132 Å². The third-order valence-electron chi connectivity index (χ3n) is 3.44. The smallest absolute Gasteiger partial charge is 0.184 e. The number of aromatic nitrogens is 4.